The Labute approximate surface area is 219 Å². The van der Waals surface area contributed by atoms with Crippen LogP contribution < -0.4 is 21.9 Å². The average molecular weight is 552 g/mol. The second kappa shape index (κ2) is 11.4. The zero-order valence-corrected chi connectivity index (χ0v) is 20.9. The highest BCUT2D eigenvalue weighted by Gasteiger charge is 2.37. The van der Waals surface area contributed by atoms with Gasteiger partial charge in [-0.1, -0.05) is 41.9 Å². The molecule has 1 aliphatic heterocycles. The number of aromatic amines is 1. The van der Waals surface area contributed by atoms with E-state index in [1.807, 2.05) is 30.3 Å². The number of hydrogen-bond acceptors (Lipinski definition) is 5. The first-order valence-corrected chi connectivity index (χ1v) is 12.0. The van der Waals surface area contributed by atoms with Crippen LogP contribution in [-0.2, 0) is 17.5 Å². The second-order valence-electron chi connectivity index (χ2n) is 8.74. The van der Waals surface area contributed by atoms with Gasteiger partial charge in [-0.05, 0) is 30.7 Å². The van der Waals surface area contributed by atoms with Gasteiger partial charge in [-0.3, -0.25) is 14.3 Å². The van der Waals surface area contributed by atoms with Crippen molar-refractivity contribution in [2.75, 3.05) is 11.9 Å². The van der Waals surface area contributed by atoms with Crippen molar-refractivity contribution in [3.8, 4) is 0 Å². The minimum Gasteiger partial charge on any atom is -0.394 e. The van der Waals surface area contributed by atoms with Crippen LogP contribution in [0.3, 0.4) is 0 Å². The molecule has 202 valence electrons. The quantitative estimate of drug-likeness (QED) is 0.275. The van der Waals surface area contributed by atoms with Gasteiger partial charge in [0.1, 0.15) is 12.3 Å². The third-order valence-electron chi connectivity index (χ3n) is 5.99. The zero-order chi connectivity index (χ0) is 27.4. The number of anilines is 1. The number of halogens is 4. The molecule has 4 rings (SSSR count). The van der Waals surface area contributed by atoms with Gasteiger partial charge in [-0.15, -0.1) is 0 Å². The first kappa shape index (κ1) is 27.4. The van der Waals surface area contributed by atoms with E-state index in [2.05, 4.69) is 20.6 Å². The molecule has 2 aromatic carbocycles. The van der Waals surface area contributed by atoms with Crippen molar-refractivity contribution in [3.05, 3.63) is 97.3 Å². The van der Waals surface area contributed by atoms with Gasteiger partial charge in [0, 0.05) is 23.9 Å². The van der Waals surface area contributed by atoms with Gasteiger partial charge < -0.3 is 20.5 Å². The molecular formula is C25H25ClF3N5O4. The number of nitrogens with zero attached hydrogens (tertiary/aromatic N) is 2. The largest absolute Gasteiger partial charge is 0.417 e. The number of aliphatic hydroxyl groups excluding tert-OH is 1. The third-order valence-corrected chi connectivity index (χ3v) is 6.32. The van der Waals surface area contributed by atoms with Crippen LogP contribution in [0.4, 0.5) is 18.9 Å². The molecule has 38 heavy (non-hydrogen) atoms. The fraction of sp³-hybridized carbons (Fsp3) is 0.320. The van der Waals surface area contributed by atoms with Crippen LogP contribution in [0.1, 0.15) is 29.3 Å². The number of alkyl halides is 3. The lowest BCUT2D eigenvalue weighted by Gasteiger charge is -2.21. The summed E-state index contributed by atoms with van der Waals surface area (Å²) in [5.41, 5.74) is -0.935. The Hall–Kier alpha value is -3.61. The van der Waals surface area contributed by atoms with Crippen LogP contribution >= 0.6 is 11.6 Å². The fourth-order valence-electron chi connectivity index (χ4n) is 4.03. The van der Waals surface area contributed by atoms with Gasteiger partial charge in [-0.2, -0.15) is 13.2 Å². The highest BCUT2D eigenvalue weighted by molar-refractivity contribution is 6.31. The molecule has 0 unspecified atom stereocenters. The topological polar surface area (TPSA) is 121 Å². The van der Waals surface area contributed by atoms with Crippen LogP contribution in [0.5, 0.6) is 0 Å². The Morgan fingerprint density at radius 1 is 1.24 bits per heavy atom. The molecule has 1 fully saturated rings. The predicted molar refractivity (Wildman–Crippen MR) is 136 cm³/mol. The van der Waals surface area contributed by atoms with Gasteiger partial charge in [0.15, 0.2) is 5.96 Å². The van der Waals surface area contributed by atoms with E-state index in [9.17, 15) is 27.9 Å². The van der Waals surface area contributed by atoms with Crippen molar-refractivity contribution in [3.63, 3.8) is 0 Å². The molecular weight excluding hydrogens is 527 g/mol. The SMILES string of the molecule is Cc1cn([C@H]2C[C@H](NC(=NCc3ccccc3)Nc3ccc(Cl)c(C(F)(F)F)c3)[C@@H](CO)O2)c(=O)[nH]c1=O. The van der Waals surface area contributed by atoms with Crippen molar-refractivity contribution in [2.24, 2.45) is 4.99 Å². The number of guanidine groups is 1. The number of H-pyrrole nitrogens is 1. The Bertz CT molecular complexity index is 1420. The Morgan fingerprint density at radius 3 is 2.66 bits per heavy atom. The molecule has 13 heteroatoms. The molecule has 3 aromatic rings. The number of benzene rings is 2. The van der Waals surface area contributed by atoms with E-state index in [1.165, 1.54) is 16.8 Å². The van der Waals surface area contributed by atoms with Crippen molar-refractivity contribution in [1.29, 1.82) is 0 Å². The summed E-state index contributed by atoms with van der Waals surface area (Å²) in [6.07, 6.45) is -4.68. The van der Waals surface area contributed by atoms with Crippen LogP contribution in [0.25, 0.3) is 0 Å². The number of aromatic nitrogens is 2. The molecule has 3 atom stereocenters. The van der Waals surface area contributed by atoms with Crippen LogP contribution in [0, 0.1) is 6.92 Å². The number of nitrogens with one attached hydrogen (secondary N) is 3. The van der Waals surface area contributed by atoms with Gasteiger partial charge >= 0.3 is 11.9 Å². The lowest BCUT2D eigenvalue weighted by molar-refractivity contribution is -0.137. The third kappa shape index (κ3) is 6.44. The predicted octanol–water partition coefficient (Wildman–Crippen LogP) is 3.42. The molecule has 0 radical (unpaired) electrons. The van der Waals surface area contributed by atoms with E-state index in [0.717, 1.165) is 17.7 Å². The van der Waals surface area contributed by atoms with Crippen molar-refractivity contribution < 1.29 is 23.0 Å². The Kier molecular flexibility index (Phi) is 8.24. The number of aliphatic hydroxyl groups is 1. The smallest absolute Gasteiger partial charge is 0.394 e. The first-order chi connectivity index (χ1) is 18.0. The highest BCUT2D eigenvalue weighted by Crippen LogP contribution is 2.36. The van der Waals surface area contributed by atoms with E-state index in [4.69, 9.17) is 16.3 Å². The maximum absolute atomic E-state index is 13.4. The van der Waals surface area contributed by atoms with Crippen molar-refractivity contribution in [1.82, 2.24) is 14.9 Å². The molecule has 4 N–H and O–H groups in total. The number of ether oxygens (including phenoxy) is 1. The molecule has 9 nitrogen and oxygen atoms in total. The van der Waals surface area contributed by atoms with E-state index in [0.29, 0.717) is 5.56 Å². The van der Waals surface area contributed by atoms with Gasteiger partial charge in [-0.25, -0.2) is 9.79 Å². The zero-order valence-electron chi connectivity index (χ0n) is 20.1. The van der Waals surface area contributed by atoms with Crippen LogP contribution in [0.15, 0.2) is 69.3 Å². The molecule has 0 amide bonds. The lowest BCUT2D eigenvalue weighted by Crippen LogP contribution is -2.45. The van der Waals surface area contributed by atoms with E-state index < -0.39 is 53.0 Å². The van der Waals surface area contributed by atoms with E-state index >= 15 is 0 Å². The van der Waals surface area contributed by atoms with E-state index in [-0.39, 0.29) is 24.6 Å². The lowest BCUT2D eigenvalue weighted by atomic mass is 10.1. The Balaban J connectivity index is 1.61. The summed E-state index contributed by atoms with van der Waals surface area (Å²) in [6, 6.07) is 12.0. The summed E-state index contributed by atoms with van der Waals surface area (Å²) in [7, 11) is 0. The monoisotopic (exact) mass is 551 g/mol. The number of aryl methyl sites for hydroxylation is 1. The minimum atomic E-state index is -4.65. The first-order valence-electron chi connectivity index (χ1n) is 11.6. The fourth-order valence-corrected chi connectivity index (χ4v) is 4.25. The normalized spacial score (nSPS) is 19.9. The van der Waals surface area contributed by atoms with Gasteiger partial charge in [0.05, 0.1) is 29.8 Å². The number of rotatable bonds is 6. The molecule has 1 aliphatic rings. The summed E-state index contributed by atoms with van der Waals surface area (Å²) in [5, 5.41) is 15.5. The molecule has 0 aliphatic carbocycles. The molecule has 1 aromatic heterocycles. The van der Waals surface area contributed by atoms with Gasteiger partial charge in [0.2, 0.25) is 0 Å². The molecule has 1 saturated heterocycles. The average Bonchev–Trinajstić information content (AvgIpc) is 3.28. The summed E-state index contributed by atoms with van der Waals surface area (Å²) in [6.45, 7) is 1.34. The summed E-state index contributed by atoms with van der Waals surface area (Å²) in [4.78, 5) is 30.8. The molecule has 0 bridgehead atoms. The minimum absolute atomic E-state index is 0.0875. The molecule has 0 saturated carbocycles. The van der Waals surface area contributed by atoms with E-state index in [1.54, 1.807) is 6.92 Å². The number of aliphatic imine (C=N–C) groups is 1. The highest BCUT2D eigenvalue weighted by atomic mass is 35.5. The van der Waals surface area contributed by atoms with Crippen molar-refractivity contribution in [2.45, 2.75) is 44.4 Å². The van der Waals surface area contributed by atoms with Crippen molar-refractivity contribution >= 4 is 23.2 Å². The summed E-state index contributed by atoms with van der Waals surface area (Å²) < 4.78 is 47.3. The maximum Gasteiger partial charge on any atom is 0.417 e. The molecule has 2 heterocycles. The molecule has 0 spiro atoms. The van der Waals surface area contributed by atoms with Gasteiger partial charge in [0.25, 0.3) is 5.56 Å². The van der Waals surface area contributed by atoms with Crippen LogP contribution in [0.2, 0.25) is 5.02 Å². The number of hydrogen-bond donors (Lipinski definition) is 4. The summed E-state index contributed by atoms with van der Waals surface area (Å²) in [5.74, 6) is 0.127. The second-order valence-corrected chi connectivity index (χ2v) is 9.15. The van der Waals surface area contributed by atoms with Crippen LogP contribution in [-0.4, -0.2) is 39.4 Å². The Morgan fingerprint density at radius 2 is 1.97 bits per heavy atom. The standard InChI is InChI=1S/C25H25ClF3N5O4/c1-14-12-34(24(37)33-22(14)36)21-10-19(20(13-35)38-21)32-23(30-11-15-5-3-2-4-6-15)31-16-7-8-18(26)17(9-16)25(27,28)29/h2-9,12,19-21,35H,10-11,13H2,1H3,(H2,30,31,32)(H,33,36,37)/t19-,20+,21+/m0/s1. The summed E-state index contributed by atoms with van der Waals surface area (Å²) >= 11 is 5.75. The maximum atomic E-state index is 13.4.